The first kappa shape index (κ1) is 22.7. The van der Waals surface area contributed by atoms with Crippen LogP contribution in [0.3, 0.4) is 0 Å². The van der Waals surface area contributed by atoms with Crippen LogP contribution in [0.4, 0.5) is 15.8 Å². The van der Waals surface area contributed by atoms with E-state index in [4.69, 9.17) is 16.3 Å². The highest BCUT2D eigenvalue weighted by molar-refractivity contribution is 8.00. The molecule has 160 valence electrons. The average molecular weight is 459 g/mol. The van der Waals surface area contributed by atoms with Gasteiger partial charge in [0, 0.05) is 21.2 Å². The molecule has 3 aromatic carbocycles. The number of methoxy groups -OCH3 is 1. The van der Waals surface area contributed by atoms with E-state index in [-0.39, 0.29) is 11.8 Å². The molecule has 0 heterocycles. The zero-order chi connectivity index (χ0) is 22.4. The Morgan fingerprint density at radius 2 is 1.77 bits per heavy atom. The number of anilines is 2. The molecule has 2 N–H and O–H groups in total. The Morgan fingerprint density at radius 1 is 1.03 bits per heavy atom. The first-order valence-electron chi connectivity index (χ1n) is 9.34. The summed E-state index contributed by atoms with van der Waals surface area (Å²) in [6.45, 7) is 1.78. The van der Waals surface area contributed by atoms with Crippen molar-refractivity contribution in [2.75, 3.05) is 17.7 Å². The van der Waals surface area contributed by atoms with Gasteiger partial charge in [0.25, 0.3) is 5.91 Å². The minimum Gasteiger partial charge on any atom is -0.495 e. The largest absolute Gasteiger partial charge is 0.495 e. The molecule has 2 amide bonds. The Hall–Kier alpha value is -3.03. The molecule has 3 aromatic rings. The molecule has 0 aromatic heterocycles. The Morgan fingerprint density at radius 3 is 2.48 bits per heavy atom. The van der Waals surface area contributed by atoms with Gasteiger partial charge in [0.1, 0.15) is 11.6 Å². The third-order valence-electron chi connectivity index (χ3n) is 4.30. The molecule has 5 nitrogen and oxygen atoms in total. The molecule has 0 bridgehead atoms. The van der Waals surface area contributed by atoms with Crippen LogP contribution in [0.15, 0.2) is 71.6 Å². The number of carbonyl (C=O) groups excluding carboxylic acids is 2. The highest BCUT2D eigenvalue weighted by atomic mass is 35.5. The Balaban J connectivity index is 1.64. The maximum Gasteiger partial charge on any atom is 0.255 e. The Kier molecular flexibility index (Phi) is 7.55. The van der Waals surface area contributed by atoms with Crippen molar-refractivity contribution in [1.82, 2.24) is 0 Å². The third-order valence-corrected chi connectivity index (χ3v) is 5.63. The molecule has 0 fully saturated rings. The lowest BCUT2D eigenvalue weighted by molar-refractivity contribution is -0.115. The van der Waals surface area contributed by atoms with Crippen molar-refractivity contribution < 1.29 is 18.7 Å². The Labute approximate surface area is 188 Å². The number of rotatable bonds is 7. The molecule has 3 rings (SSSR count). The fourth-order valence-electron chi connectivity index (χ4n) is 2.72. The minimum atomic E-state index is -0.424. The smallest absolute Gasteiger partial charge is 0.255 e. The number of ether oxygens (including phenoxy) is 1. The van der Waals surface area contributed by atoms with Crippen LogP contribution in [-0.2, 0) is 4.79 Å². The van der Waals surface area contributed by atoms with E-state index in [1.54, 1.807) is 43.3 Å². The van der Waals surface area contributed by atoms with Gasteiger partial charge in [0.15, 0.2) is 0 Å². The van der Waals surface area contributed by atoms with E-state index in [2.05, 4.69) is 10.6 Å². The highest BCUT2D eigenvalue weighted by Gasteiger charge is 2.17. The molecule has 0 saturated heterocycles. The second-order valence-corrected chi connectivity index (χ2v) is 8.43. The quantitative estimate of drug-likeness (QED) is 0.435. The lowest BCUT2D eigenvalue weighted by Crippen LogP contribution is -2.22. The van der Waals surface area contributed by atoms with E-state index in [0.29, 0.717) is 27.7 Å². The van der Waals surface area contributed by atoms with E-state index < -0.39 is 11.1 Å². The lowest BCUT2D eigenvalue weighted by atomic mass is 10.2. The predicted molar refractivity (Wildman–Crippen MR) is 123 cm³/mol. The van der Waals surface area contributed by atoms with E-state index in [9.17, 15) is 14.0 Å². The molecule has 0 aliphatic rings. The van der Waals surface area contributed by atoms with Gasteiger partial charge in [0.05, 0.1) is 18.0 Å². The van der Waals surface area contributed by atoms with Crippen molar-refractivity contribution >= 4 is 46.6 Å². The van der Waals surface area contributed by atoms with Crippen LogP contribution in [0.5, 0.6) is 5.75 Å². The average Bonchev–Trinajstić information content (AvgIpc) is 2.74. The summed E-state index contributed by atoms with van der Waals surface area (Å²) in [5, 5.41) is 5.66. The van der Waals surface area contributed by atoms with Gasteiger partial charge >= 0.3 is 0 Å². The summed E-state index contributed by atoms with van der Waals surface area (Å²) in [5.74, 6) is -0.453. The summed E-state index contributed by atoms with van der Waals surface area (Å²) >= 11 is 7.35. The zero-order valence-electron chi connectivity index (χ0n) is 16.8. The minimum absolute atomic E-state index is 0.216. The molecule has 0 aliphatic carbocycles. The summed E-state index contributed by atoms with van der Waals surface area (Å²) < 4.78 is 18.3. The second-order valence-electron chi connectivity index (χ2n) is 6.58. The van der Waals surface area contributed by atoms with Crippen molar-refractivity contribution in [3.05, 3.63) is 83.1 Å². The molecule has 0 aliphatic heterocycles. The topological polar surface area (TPSA) is 67.4 Å². The number of amides is 2. The summed E-state index contributed by atoms with van der Waals surface area (Å²) in [7, 11) is 1.52. The second kappa shape index (κ2) is 10.3. The van der Waals surface area contributed by atoms with Crippen molar-refractivity contribution in [1.29, 1.82) is 0 Å². The number of carbonyl (C=O) groups is 2. The van der Waals surface area contributed by atoms with E-state index in [1.807, 2.05) is 6.07 Å². The van der Waals surface area contributed by atoms with Gasteiger partial charge < -0.3 is 15.4 Å². The number of thioether (sulfide) groups is 1. The van der Waals surface area contributed by atoms with E-state index in [0.717, 1.165) is 4.90 Å². The molecule has 1 unspecified atom stereocenters. The van der Waals surface area contributed by atoms with Crippen LogP contribution in [0.2, 0.25) is 5.02 Å². The summed E-state index contributed by atoms with van der Waals surface area (Å²) in [6, 6.07) is 17.4. The van der Waals surface area contributed by atoms with Gasteiger partial charge in [-0.1, -0.05) is 17.7 Å². The van der Waals surface area contributed by atoms with Gasteiger partial charge in [-0.15, -0.1) is 11.8 Å². The first-order chi connectivity index (χ1) is 14.9. The standard InChI is InChI=1S/C23H20ClFN2O3S/c1-14(22(28)27-20-12-16(24)8-11-21(20)30-2)31-19-5-3-4-18(13-19)26-23(29)15-6-9-17(25)10-7-15/h3-14H,1-2H3,(H,26,29)(H,27,28). The number of nitrogens with one attached hydrogen (secondary N) is 2. The van der Waals surface area contributed by atoms with Crippen molar-refractivity contribution in [3.8, 4) is 5.75 Å². The fourth-order valence-corrected chi connectivity index (χ4v) is 3.82. The first-order valence-corrected chi connectivity index (χ1v) is 10.6. The van der Waals surface area contributed by atoms with Gasteiger partial charge in [-0.3, -0.25) is 9.59 Å². The molecule has 31 heavy (non-hydrogen) atoms. The molecule has 0 radical (unpaired) electrons. The fraction of sp³-hybridized carbons (Fsp3) is 0.130. The molecule has 0 spiro atoms. The van der Waals surface area contributed by atoms with Gasteiger partial charge in [-0.25, -0.2) is 4.39 Å². The van der Waals surface area contributed by atoms with Crippen LogP contribution in [-0.4, -0.2) is 24.2 Å². The number of benzene rings is 3. The lowest BCUT2D eigenvalue weighted by Gasteiger charge is -2.15. The predicted octanol–water partition coefficient (Wildman–Crippen LogP) is 5.86. The van der Waals surface area contributed by atoms with Crippen molar-refractivity contribution in [2.24, 2.45) is 0 Å². The van der Waals surface area contributed by atoms with Gasteiger partial charge in [-0.05, 0) is 67.6 Å². The Bertz CT molecular complexity index is 1090. The molecule has 8 heteroatoms. The summed E-state index contributed by atoms with van der Waals surface area (Å²) in [4.78, 5) is 25.8. The number of halogens is 2. The van der Waals surface area contributed by atoms with Crippen LogP contribution >= 0.6 is 23.4 Å². The molecular formula is C23H20ClFN2O3S. The number of hydrogen-bond acceptors (Lipinski definition) is 4. The van der Waals surface area contributed by atoms with Crippen molar-refractivity contribution in [2.45, 2.75) is 17.1 Å². The van der Waals surface area contributed by atoms with Crippen LogP contribution in [0.25, 0.3) is 0 Å². The summed E-state index contributed by atoms with van der Waals surface area (Å²) in [5.41, 5.74) is 1.42. The molecular weight excluding hydrogens is 439 g/mol. The maximum atomic E-state index is 13.0. The SMILES string of the molecule is COc1ccc(Cl)cc1NC(=O)C(C)Sc1cccc(NC(=O)c2ccc(F)cc2)c1. The molecule has 0 saturated carbocycles. The maximum absolute atomic E-state index is 13.0. The number of hydrogen-bond donors (Lipinski definition) is 2. The normalized spacial score (nSPS) is 11.5. The highest BCUT2D eigenvalue weighted by Crippen LogP contribution is 2.30. The van der Waals surface area contributed by atoms with Gasteiger partial charge in [0.2, 0.25) is 5.91 Å². The van der Waals surface area contributed by atoms with E-state index >= 15 is 0 Å². The van der Waals surface area contributed by atoms with Crippen LogP contribution in [0.1, 0.15) is 17.3 Å². The van der Waals surface area contributed by atoms with Crippen molar-refractivity contribution in [3.63, 3.8) is 0 Å². The molecule has 1 atom stereocenters. The summed E-state index contributed by atoms with van der Waals surface area (Å²) in [6.07, 6.45) is 0. The van der Waals surface area contributed by atoms with Crippen LogP contribution < -0.4 is 15.4 Å². The zero-order valence-corrected chi connectivity index (χ0v) is 18.4. The van der Waals surface area contributed by atoms with Gasteiger partial charge in [-0.2, -0.15) is 0 Å². The monoisotopic (exact) mass is 458 g/mol. The van der Waals surface area contributed by atoms with Crippen LogP contribution in [0, 0.1) is 5.82 Å². The third kappa shape index (κ3) is 6.23. The van der Waals surface area contributed by atoms with E-state index in [1.165, 1.54) is 43.1 Å².